The first-order valence-electron chi connectivity index (χ1n) is 5.32. The van der Waals surface area contributed by atoms with Crippen molar-refractivity contribution in [1.29, 1.82) is 0 Å². The Bertz CT molecular complexity index is 292. The summed E-state index contributed by atoms with van der Waals surface area (Å²) < 4.78 is 9.84. The van der Waals surface area contributed by atoms with Crippen molar-refractivity contribution < 1.29 is 19.1 Å². The molecule has 0 radical (unpaired) electrons. The Hall–Kier alpha value is -1.10. The number of allylic oxidation sites excluding steroid dienone is 1. The Morgan fingerprint density at radius 3 is 2.00 bits per heavy atom. The Kier molecular flexibility index (Phi) is 7.54. The number of ether oxygens (including phenoxy) is 2. The van der Waals surface area contributed by atoms with Crippen LogP contribution in [0.15, 0.2) is 23.7 Å². The first kappa shape index (κ1) is 15.9. The quantitative estimate of drug-likeness (QED) is 0.412. The fourth-order valence-electron chi connectivity index (χ4n) is 1.31. The molecule has 0 aliphatic carbocycles. The van der Waals surface area contributed by atoms with Gasteiger partial charge >= 0.3 is 11.9 Å². The molecule has 0 aromatic heterocycles. The molecule has 0 aliphatic rings. The summed E-state index contributed by atoms with van der Waals surface area (Å²) in [5.41, 5.74) is -1.45. The molecule has 0 aliphatic heterocycles. The van der Waals surface area contributed by atoms with Gasteiger partial charge in [0.05, 0.1) is 13.2 Å². The van der Waals surface area contributed by atoms with Crippen molar-refractivity contribution in [2.45, 2.75) is 20.3 Å². The number of esters is 2. The number of carbonyl (C=O) groups is 2. The van der Waals surface area contributed by atoms with E-state index in [1.807, 2.05) is 0 Å². The van der Waals surface area contributed by atoms with E-state index in [0.29, 0.717) is 0 Å². The third-order valence-electron chi connectivity index (χ3n) is 2.09. The predicted octanol–water partition coefficient (Wildman–Crippen LogP) is 2.58. The molecule has 0 atom stereocenters. The maximum Gasteiger partial charge on any atom is 0.327 e. The minimum atomic E-state index is -1.45. The van der Waals surface area contributed by atoms with Gasteiger partial charge in [-0.05, 0) is 31.3 Å². The summed E-state index contributed by atoms with van der Waals surface area (Å²) in [5, 5.41) is 0. The minimum absolute atomic E-state index is 0.132. The summed E-state index contributed by atoms with van der Waals surface area (Å²) in [6.45, 7) is 7.31. The van der Waals surface area contributed by atoms with Gasteiger partial charge in [-0.3, -0.25) is 9.59 Å². The molecular formula is C12H17BrO4. The molecule has 0 amide bonds. The van der Waals surface area contributed by atoms with Gasteiger partial charge in [0.1, 0.15) is 0 Å². The second-order valence-corrected chi connectivity index (χ2v) is 3.73. The van der Waals surface area contributed by atoms with Crippen LogP contribution in [0.1, 0.15) is 20.3 Å². The van der Waals surface area contributed by atoms with Crippen molar-refractivity contribution in [2.24, 2.45) is 5.41 Å². The van der Waals surface area contributed by atoms with Crippen LogP contribution in [0.5, 0.6) is 0 Å². The van der Waals surface area contributed by atoms with Gasteiger partial charge in [-0.1, -0.05) is 22.0 Å². The van der Waals surface area contributed by atoms with Crippen molar-refractivity contribution in [1.82, 2.24) is 0 Å². The average Bonchev–Trinajstić information content (AvgIpc) is 2.29. The summed E-state index contributed by atoms with van der Waals surface area (Å²) in [6.07, 6.45) is 3.04. The molecule has 0 spiro atoms. The van der Waals surface area contributed by atoms with Crippen LogP contribution < -0.4 is 0 Å². The van der Waals surface area contributed by atoms with E-state index in [1.54, 1.807) is 13.8 Å². The van der Waals surface area contributed by atoms with E-state index in [9.17, 15) is 9.59 Å². The topological polar surface area (TPSA) is 52.6 Å². The van der Waals surface area contributed by atoms with Gasteiger partial charge in [0, 0.05) is 0 Å². The maximum absolute atomic E-state index is 11.9. The monoisotopic (exact) mass is 304 g/mol. The third kappa shape index (κ3) is 4.00. The smallest absolute Gasteiger partial charge is 0.327 e. The summed E-state index contributed by atoms with van der Waals surface area (Å²) in [7, 11) is 0. The van der Waals surface area contributed by atoms with Crippen molar-refractivity contribution in [2.75, 3.05) is 13.2 Å². The normalized spacial score (nSPS) is 11.2. The maximum atomic E-state index is 11.9. The molecule has 0 aromatic carbocycles. The van der Waals surface area contributed by atoms with Crippen LogP contribution >= 0.6 is 15.9 Å². The molecule has 0 heterocycles. The molecular weight excluding hydrogens is 288 g/mol. The highest BCUT2D eigenvalue weighted by Gasteiger charge is 2.45. The number of halogens is 1. The molecule has 0 unspecified atom stereocenters. The minimum Gasteiger partial charge on any atom is -0.465 e. The highest BCUT2D eigenvalue weighted by molar-refractivity contribution is 9.11. The van der Waals surface area contributed by atoms with Gasteiger partial charge in [-0.2, -0.15) is 0 Å². The second kappa shape index (κ2) is 8.06. The average molecular weight is 305 g/mol. The lowest BCUT2D eigenvalue weighted by molar-refractivity contribution is -0.167. The molecule has 0 fully saturated rings. The first-order chi connectivity index (χ1) is 8.08. The van der Waals surface area contributed by atoms with Gasteiger partial charge in [0.15, 0.2) is 5.41 Å². The van der Waals surface area contributed by atoms with E-state index in [4.69, 9.17) is 9.47 Å². The zero-order valence-electron chi connectivity index (χ0n) is 10.1. The third-order valence-corrected chi connectivity index (χ3v) is 2.36. The lowest BCUT2D eigenvalue weighted by Gasteiger charge is -2.24. The highest BCUT2D eigenvalue weighted by Crippen LogP contribution is 2.29. The van der Waals surface area contributed by atoms with E-state index in [0.717, 1.165) is 0 Å². The summed E-state index contributed by atoms with van der Waals surface area (Å²) >= 11 is 3.06. The largest absolute Gasteiger partial charge is 0.465 e. The van der Waals surface area contributed by atoms with E-state index < -0.39 is 17.4 Å². The van der Waals surface area contributed by atoms with Crippen molar-refractivity contribution in [3.63, 3.8) is 0 Å². The van der Waals surface area contributed by atoms with Crippen molar-refractivity contribution >= 4 is 27.9 Å². The van der Waals surface area contributed by atoms with E-state index in [1.165, 1.54) is 17.1 Å². The van der Waals surface area contributed by atoms with Crippen LogP contribution in [0, 0.1) is 5.41 Å². The lowest BCUT2D eigenvalue weighted by atomic mass is 9.84. The van der Waals surface area contributed by atoms with Crippen molar-refractivity contribution in [3.8, 4) is 0 Å². The molecule has 17 heavy (non-hydrogen) atoms. The number of hydrogen-bond acceptors (Lipinski definition) is 4. The molecule has 4 nitrogen and oxygen atoms in total. The molecule has 96 valence electrons. The molecule has 0 saturated heterocycles. The Labute approximate surface area is 110 Å². The van der Waals surface area contributed by atoms with Gasteiger partial charge in [-0.15, -0.1) is 6.58 Å². The Balaban J connectivity index is 5.32. The number of hydrogen-bond donors (Lipinski definition) is 0. The lowest BCUT2D eigenvalue weighted by Crippen LogP contribution is -2.40. The summed E-state index contributed by atoms with van der Waals surface area (Å²) in [5.74, 6) is -1.26. The zero-order chi connectivity index (χ0) is 13.3. The van der Waals surface area contributed by atoms with Gasteiger partial charge in [-0.25, -0.2) is 0 Å². The first-order valence-corrected chi connectivity index (χ1v) is 6.23. The van der Waals surface area contributed by atoms with Crippen LogP contribution in [0.3, 0.4) is 0 Å². The second-order valence-electron chi connectivity index (χ2n) is 3.20. The van der Waals surface area contributed by atoms with E-state index >= 15 is 0 Å². The summed E-state index contributed by atoms with van der Waals surface area (Å²) in [4.78, 5) is 25.3. The van der Waals surface area contributed by atoms with Crippen LogP contribution in [0.25, 0.3) is 0 Å². The SMILES string of the molecule is C=CCC(C=CBr)(C(=O)OCC)C(=O)OCC. The fourth-order valence-corrected chi connectivity index (χ4v) is 1.76. The fraction of sp³-hybridized carbons (Fsp3) is 0.500. The molecule has 0 rings (SSSR count). The zero-order valence-corrected chi connectivity index (χ0v) is 11.7. The van der Waals surface area contributed by atoms with Crippen LogP contribution in [-0.2, 0) is 19.1 Å². The molecule has 0 bridgehead atoms. The standard InChI is InChI=1S/C12H17BrO4/c1-4-7-12(8-9-13,10(14)16-5-2)11(15)17-6-3/h4,8-9H,1,5-7H2,2-3H3. The van der Waals surface area contributed by atoms with Crippen LogP contribution in [0.2, 0.25) is 0 Å². The number of carbonyl (C=O) groups excluding carboxylic acids is 2. The number of rotatable bonds is 7. The molecule has 0 saturated carbocycles. The summed E-state index contributed by atoms with van der Waals surface area (Å²) in [6, 6.07) is 0. The molecule has 0 N–H and O–H groups in total. The van der Waals surface area contributed by atoms with Gasteiger partial charge in [0.2, 0.25) is 0 Å². The predicted molar refractivity (Wildman–Crippen MR) is 68.6 cm³/mol. The van der Waals surface area contributed by atoms with Crippen LogP contribution in [0.4, 0.5) is 0 Å². The van der Waals surface area contributed by atoms with E-state index in [-0.39, 0.29) is 19.6 Å². The Morgan fingerprint density at radius 1 is 1.24 bits per heavy atom. The van der Waals surface area contributed by atoms with Crippen molar-refractivity contribution in [3.05, 3.63) is 23.7 Å². The highest BCUT2D eigenvalue weighted by atomic mass is 79.9. The van der Waals surface area contributed by atoms with Gasteiger partial charge < -0.3 is 9.47 Å². The molecule has 5 heteroatoms. The van der Waals surface area contributed by atoms with Crippen LogP contribution in [-0.4, -0.2) is 25.2 Å². The molecule has 0 aromatic rings. The Morgan fingerprint density at radius 2 is 1.71 bits per heavy atom. The van der Waals surface area contributed by atoms with Gasteiger partial charge in [0.25, 0.3) is 0 Å². The van der Waals surface area contributed by atoms with E-state index in [2.05, 4.69) is 22.5 Å².